The molecule has 0 saturated carbocycles. The maximum atomic E-state index is 11.3. The highest BCUT2D eigenvalue weighted by molar-refractivity contribution is 14.1. The van der Waals surface area contributed by atoms with Gasteiger partial charge in [0.15, 0.2) is 6.29 Å². The fourth-order valence-corrected chi connectivity index (χ4v) is 2.66. The van der Waals surface area contributed by atoms with Gasteiger partial charge in [-0.25, -0.2) is 0 Å². The number of fused-ring (bicyclic) bond motifs is 1. The lowest BCUT2D eigenvalue weighted by atomic mass is 10.1. The number of hydrogen-bond acceptors (Lipinski definition) is 2. The molecule has 0 saturated heterocycles. The molecule has 1 aromatic heterocycles. The number of rotatable bonds is 2. The van der Waals surface area contributed by atoms with E-state index in [-0.39, 0.29) is 0 Å². The van der Waals surface area contributed by atoms with Crippen molar-refractivity contribution in [3.63, 3.8) is 0 Å². The van der Waals surface area contributed by atoms with E-state index in [4.69, 9.17) is 4.42 Å². The van der Waals surface area contributed by atoms with E-state index in [1.54, 1.807) is 0 Å². The molecular formula is C15H9IO2. The topological polar surface area (TPSA) is 30.2 Å². The Morgan fingerprint density at radius 2 is 1.72 bits per heavy atom. The summed E-state index contributed by atoms with van der Waals surface area (Å²) in [5.74, 6) is 0.649. The van der Waals surface area contributed by atoms with Crippen molar-refractivity contribution >= 4 is 39.8 Å². The average molecular weight is 348 g/mol. The van der Waals surface area contributed by atoms with Gasteiger partial charge in [-0.1, -0.05) is 36.4 Å². The van der Waals surface area contributed by atoms with E-state index in [0.29, 0.717) is 11.3 Å². The third-order valence-electron chi connectivity index (χ3n) is 2.87. The number of carbonyl (C=O) groups is 1. The minimum absolute atomic E-state index is 0.620. The number of furan rings is 1. The quantitative estimate of drug-likeness (QED) is 0.504. The lowest BCUT2D eigenvalue weighted by molar-refractivity contribution is 0.112. The highest BCUT2D eigenvalue weighted by atomic mass is 127. The normalized spacial score (nSPS) is 10.7. The Morgan fingerprint density at radius 1 is 1.00 bits per heavy atom. The Balaban J connectivity index is 2.36. The largest absolute Gasteiger partial charge is 0.455 e. The summed E-state index contributed by atoms with van der Waals surface area (Å²) in [7, 11) is 0. The Hall–Kier alpha value is -1.62. The van der Waals surface area contributed by atoms with E-state index < -0.39 is 0 Å². The molecule has 3 aromatic rings. The Morgan fingerprint density at radius 3 is 2.50 bits per heavy atom. The van der Waals surface area contributed by atoms with Crippen LogP contribution in [-0.2, 0) is 0 Å². The van der Waals surface area contributed by atoms with Crippen molar-refractivity contribution in [3.05, 3.63) is 57.7 Å². The summed E-state index contributed by atoms with van der Waals surface area (Å²) in [5, 5.41) is 0.863. The second-order valence-corrected chi connectivity index (χ2v) is 5.10. The van der Waals surface area contributed by atoms with E-state index in [2.05, 4.69) is 22.6 Å². The van der Waals surface area contributed by atoms with Gasteiger partial charge in [0, 0.05) is 14.5 Å². The lowest BCUT2D eigenvalue weighted by Crippen LogP contribution is -1.85. The smallest absolute Gasteiger partial charge is 0.154 e. The summed E-state index contributed by atoms with van der Waals surface area (Å²) >= 11 is 2.25. The van der Waals surface area contributed by atoms with Gasteiger partial charge in [0.2, 0.25) is 0 Å². The molecule has 3 heteroatoms. The minimum atomic E-state index is 0.620. The number of para-hydroxylation sites is 1. The molecule has 1 heterocycles. The van der Waals surface area contributed by atoms with Crippen LogP contribution in [0.5, 0.6) is 0 Å². The SMILES string of the molecule is O=Cc1c(-c2ccccc2I)oc2ccccc12. The fraction of sp³-hybridized carbons (Fsp3) is 0. The van der Waals surface area contributed by atoms with Crippen LogP contribution in [0.3, 0.4) is 0 Å². The molecule has 2 aromatic carbocycles. The fourth-order valence-electron chi connectivity index (χ4n) is 2.03. The molecule has 0 radical (unpaired) electrons. The van der Waals surface area contributed by atoms with Gasteiger partial charge in [0.05, 0.1) is 5.56 Å². The highest BCUT2D eigenvalue weighted by Gasteiger charge is 2.16. The van der Waals surface area contributed by atoms with E-state index in [1.807, 2.05) is 48.5 Å². The third-order valence-corrected chi connectivity index (χ3v) is 3.81. The van der Waals surface area contributed by atoms with Crippen LogP contribution < -0.4 is 0 Å². The molecule has 0 aliphatic heterocycles. The van der Waals surface area contributed by atoms with E-state index in [0.717, 1.165) is 26.4 Å². The molecule has 18 heavy (non-hydrogen) atoms. The van der Waals surface area contributed by atoms with Gasteiger partial charge in [-0.2, -0.15) is 0 Å². The molecule has 0 aliphatic rings. The maximum Gasteiger partial charge on any atom is 0.154 e. The zero-order valence-electron chi connectivity index (χ0n) is 9.39. The predicted molar refractivity (Wildman–Crippen MR) is 79.8 cm³/mol. The summed E-state index contributed by atoms with van der Waals surface area (Å²) < 4.78 is 6.89. The lowest BCUT2D eigenvalue weighted by Gasteiger charge is -2.00. The third kappa shape index (κ3) is 1.75. The summed E-state index contributed by atoms with van der Waals surface area (Å²) in [6.45, 7) is 0. The summed E-state index contributed by atoms with van der Waals surface area (Å²) in [5.41, 5.74) is 2.32. The van der Waals surface area contributed by atoms with E-state index >= 15 is 0 Å². The van der Waals surface area contributed by atoms with Crippen LogP contribution in [-0.4, -0.2) is 6.29 Å². The van der Waals surface area contributed by atoms with Crippen LogP contribution in [0.2, 0.25) is 0 Å². The molecule has 0 amide bonds. The number of benzene rings is 2. The van der Waals surface area contributed by atoms with Crippen molar-refractivity contribution in [3.8, 4) is 11.3 Å². The molecule has 88 valence electrons. The number of carbonyl (C=O) groups excluding carboxylic acids is 1. The summed E-state index contributed by atoms with van der Waals surface area (Å²) in [6, 6.07) is 15.5. The predicted octanol–water partition coefficient (Wildman–Crippen LogP) is 4.52. The molecule has 2 nitrogen and oxygen atoms in total. The first-order valence-electron chi connectivity index (χ1n) is 5.53. The monoisotopic (exact) mass is 348 g/mol. The van der Waals surface area contributed by atoms with Gasteiger partial charge in [0.25, 0.3) is 0 Å². The Kier molecular flexibility index (Phi) is 2.91. The molecular weight excluding hydrogens is 339 g/mol. The average Bonchev–Trinajstić information content (AvgIpc) is 2.77. The molecule has 0 bridgehead atoms. The highest BCUT2D eigenvalue weighted by Crippen LogP contribution is 2.34. The first-order chi connectivity index (χ1) is 8.81. The first kappa shape index (κ1) is 11.5. The van der Waals surface area contributed by atoms with Crippen molar-refractivity contribution < 1.29 is 9.21 Å². The zero-order valence-corrected chi connectivity index (χ0v) is 11.5. The molecule has 0 fully saturated rings. The summed E-state index contributed by atoms with van der Waals surface area (Å²) in [6.07, 6.45) is 0.865. The minimum Gasteiger partial charge on any atom is -0.455 e. The number of halogens is 1. The van der Waals surface area contributed by atoms with Crippen LogP contribution in [0.15, 0.2) is 52.9 Å². The van der Waals surface area contributed by atoms with Gasteiger partial charge in [-0.3, -0.25) is 4.79 Å². The van der Waals surface area contributed by atoms with Crippen LogP contribution in [0.4, 0.5) is 0 Å². The second-order valence-electron chi connectivity index (χ2n) is 3.94. The molecule has 0 atom stereocenters. The van der Waals surface area contributed by atoms with E-state index in [9.17, 15) is 4.79 Å². The maximum absolute atomic E-state index is 11.3. The Labute approximate surface area is 118 Å². The first-order valence-corrected chi connectivity index (χ1v) is 6.61. The van der Waals surface area contributed by atoms with Crippen LogP contribution in [0, 0.1) is 3.57 Å². The standard InChI is InChI=1S/C15H9IO2/c16-13-7-3-1-6-11(13)15-12(9-17)10-5-2-4-8-14(10)18-15/h1-9H. The van der Waals surface area contributed by atoms with Crippen molar-refractivity contribution in [2.45, 2.75) is 0 Å². The zero-order chi connectivity index (χ0) is 12.5. The van der Waals surface area contributed by atoms with Gasteiger partial charge in [0.1, 0.15) is 11.3 Å². The Bertz CT molecular complexity index is 728. The number of aldehydes is 1. The molecule has 0 aliphatic carbocycles. The van der Waals surface area contributed by atoms with Crippen LogP contribution >= 0.6 is 22.6 Å². The molecule has 0 N–H and O–H groups in total. The van der Waals surface area contributed by atoms with Gasteiger partial charge in [-0.15, -0.1) is 0 Å². The summed E-state index contributed by atoms with van der Waals surface area (Å²) in [4.78, 5) is 11.3. The van der Waals surface area contributed by atoms with Crippen LogP contribution in [0.1, 0.15) is 10.4 Å². The van der Waals surface area contributed by atoms with Crippen molar-refractivity contribution in [2.24, 2.45) is 0 Å². The van der Waals surface area contributed by atoms with E-state index in [1.165, 1.54) is 0 Å². The second kappa shape index (κ2) is 4.57. The van der Waals surface area contributed by atoms with Crippen LogP contribution in [0.25, 0.3) is 22.3 Å². The molecule has 3 rings (SSSR count). The van der Waals surface area contributed by atoms with Crippen molar-refractivity contribution in [2.75, 3.05) is 0 Å². The van der Waals surface area contributed by atoms with Gasteiger partial charge < -0.3 is 4.42 Å². The van der Waals surface area contributed by atoms with Crippen molar-refractivity contribution in [1.82, 2.24) is 0 Å². The van der Waals surface area contributed by atoms with Crippen molar-refractivity contribution in [1.29, 1.82) is 0 Å². The molecule has 0 spiro atoms. The number of hydrogen-bond donors (Lipinski definition) is 0. The van der Waals surface area contributed by atoms with Gasteiger partial charge >= 0.3 is 0 Å². The molecule has 0 unspecified atom stereocenters. The van der Waals surface area contributed by atoms with Gasteiger partial charge in [-0.05, 0) is 34.7 Å².